The standard InChI is InChI=1S/C24H22FN5O/c1-30(2)13-14-4-3-5-16(10-14)20-22(15-6-8-26-9-7-15)27-19-12-17(25)11-18-21(19)23(20)28-29-24(18)31/h3-12,20,22,27H,13H2,1-2H3,(H,29,31)/t20-,22-/m0/s1. The Balaban J connectivity index is 1.76. The first-order valence-corrected chi connectivity index (χ1v) is 10.1. The molecule has 0 bridgehead atoms. The van der Waals surface area contributed by atoms with Crippen LogP contribution in [-0.2, 0) is 6.54 Å². The highest BCUT2D eigenvalue weighted by Crippen LogP contribution is 2.46. The lowest BCUT2D eigenvalue weighted by molar-refractivity contribution is 0.402. The first-order valence-electron chi connectivity index (χ1n) is 10.1. The molecule has 1 aliphatic heterocycles. The maximum absolute atomic E-state index is 14.3. The lowest BCUT2D eigenvalue weighted by Crippen LogP contribution is -2.28. The molecule has 2 N–H and O–H groups in total. The normalized spacial score (nSPS) is 17.7. The number of aromatic nitrogens is 3. The van der Waals surface area contributed by atoms with Gasteiger partial charge in [-0.15, -0.1) is 0 Å². The minimum absolute atomic E-state index is 0.179. The number of nitrogens with one attached hydrogen (secondary N) is 2. The van der Waals surface area contributed by atoms with Gasteiger partial charge in [0.15, 0.2) is 0 Å². The molecule has 156 valence electrons. The number of aromatic amines is 1. The van der Waals surface area contributed by atoms with E-state index >= 15 is 0 Å². The van der Waals surface area contributed by atoms with Crippen LogP contribution < -0.4 is 10.9 Å². The van der Waals surface area contributed by atoms with Crippen molar-refractivity contribution in [3.05, 3.63) is 99.5 Å². The fourth-order valence-corrected chi connectivity index (χ4v) is 4.48. The molecule has 3 heterocycles. The molecule has 7 heteroatoms. The summed E-state index contributed by atoms with van der Waals surface area (Å²) in [5.41, 5.74) is 4.17. The van der Waals surface area contributed by atoms with Crippen molar-refractivity contribution in [3.63, 3.8) is 0 Å². The number of nitrogens with zero attached hydrogens (tertiary/aromatic N) is 3. The van der Waals surface area contributed by atoms with Crippen molar-refractivity contribution in [3.8, 4) is 0 Å². The van der Waals surface area contributed by atoms with Gasteiger partial charge < -0.3 is 10.2 Å². The van der Waals surface area contributed by atoms with Crippen molar-refractivity contribution in [2.45, 2.75) is 18.5 Å². The quantitative estimate of drug-likeness (QED) is 0.530. The third kappa shape index (κ3) is 3.47. The summed E-state index contributed by atoms with van der Waals surface area (Å²) in [6.45, 7) is 0.810. The summed E-state index contributed by atoms with van der Waals surface area (Å²) in [4.78, 5) is 18.7. The van der Waals surface area contributed by atoms with Crippen molar-refractivity contribution < 1.29 is 4.39 Å². The van der Waals surface area contributed by atoms with Crippen LogP contribution in [-0.4, -0.2) is 34.2 Å². The molecule has 0 aliphatic carbocycles. The highest BCUT2D eigenvalue weighted by Gasteiger charge is 2.35. The molecular formula is C24H22FN5O. The van der Waals surface area contributed by atoms with E-state index in [4.69, 9.17) is 0 Å². The Kier molecular flexibility index (Phi) is 4.75. The van der Waals surface area contributed by atoms with Gasteiger partial charge in [-0.1, -0.05) is 24.3 Å². The van der Waals surface area contributed by atoms with Crippen LogP contribution in [0.15, 0.2) is 65.7 Å². The van der Waals surface area contributed by atoms with E-state index in [0.29, 0.717) is 16.5 Å². The van der Waals surface area contributed by atoms with Crippen LogP contribution in [0.3, 0.4) is 0 Å². The summed E-state index contributed by atoms with van der Waals surface area (Å²) < 4.78 is 14.3. The zero-order chi connectivity index (χ0) is 21.5. The Bertz CT molecular complexity index is 1320. The van der Waals surface area contributed by atoms with Crippen molar-refractivity contribution in [2.75, 3.05) is 19.4 Å². The maximum atomic E-state index is 14.3. The second-order valence-corrected chi connectivity index (χ2v) is 8.18. The second kappa shape index (κ2) is 7.59. The predicted octanol–water partition coefficient (Wildman–Crippen LogP) is 3.82. The Morgan fingerprint density at radius 2 is 1.87 bits per heavy atom. The van der Waals surface area contributed by atoms with E-state index in [1.807, 2.05) is 32.3 Å². The zero-order valence-corrected chi connectivity index (χ0v) is 17.3. The summed E-state index contributed by atoms with van der Waals surface area (Å²) in [5, 5.41) is 11.5. The molecule has 31 heavy (non-hydrogen) atoms. The Morgan fingerprint density at radius 1 is 1.06 bits per heavy atom. The number of rotatable bonds is 4. The summed E-state index contributed by atoms with van der Waals surface area (Å²) in [6, 6.07) is 14.8. The number of anilines is 1. The van der Waals surface area contributed by atoms with Gasteiger partial charge in [0.1, 0.15) is 5.82 Å². The van der Waals surface area contributed by atoms with E-state index in [-0.39, 0.29) is 12.0 Å². The van der Waals surface area contributed by atoms with Gasteiger partial charge in [-0.3, -0.25) is 9.78 Å². The SMILES string of the molecule is CN(C)Cc1cccc([C@@H]2c3n[nH]c(=O)c4cc(F)cc(c34)N[C@H]2c2ccncc2)c1. The predicted molar refractivity (Wildman–Crippen MR) is 119 cm³/mol. The summed E-state index contributed by atoms with van der Waals surface area (Å²) in [6.07, 6.45) is 3.49. The number of pyridine rings is 1. The molecule has 2 aromatic carbocycles. The van der Waals surface area contributed by atoms with Gasteiger partial charge in [0, 0.05) is 30.0 Å². The molecule has 6 nitrogen and oxygen atoms in total. The molecule has 0 unspecified atom stereocenters. The molecule has 0 spiro atoms. The van der Waals surface area contributed by atoms with E-state index in [1.165, 1.54) is 17.7 Å². The molecule has 5 rings (SSSR count). The summed E-state index contributed by atoms with van der Waals surface area (Å²) in [5.74, 6) is -0.639. The molecule has 4 aromatic rings. The molecule has 0 amide bonds. The Morgan fingerprint density at radius 3 is 2.65 bits per heavy atom. The molecule has 0 radical (unpaired) electrons. The van der Waals surface area contributed by atoms with Crippen molar-refractivity contribution >= 4 is 16.5 Å². The van der Waals surface area contributed by atoms with Gasteiger partial charge >= 0.3 is 0 Å². The largest absolute Gasteiger partial charge is 0.377 e. The van der Waals surface area contributed by atoms with Crippen molar-refractivity contribution in [2.24, 2.45) is 0 Å². The topological polar surface area (TPSA) is 73.9 Å². The van der Waals surface area contributed by atoms with E-state index < -0.39 is 11.4 Å². The Labute approximate surface area is 178 Å². The highest BCUT2D eigenvalue weighted by atomic mass is 19.1. The molecule has 2 atom stereocenters. The van der Waals surface area contributed by atoms with E-state index in [9.17, 15) is 9.18 Å². The van der Waals surface area contributed by atoms with Crippen LogP contribution in [0.4, 0.5) is 10.1 Å². The maximum Gasteiger partial charge on any atom is 0.272 e. The molecule has 0 fully saturated rings. The average Bonchev–Trinajstić information content (AvgIpc) is 2.75. The zero-order valence-electron chi connectivity index (χ0n) is 17.3. The van der Waals surface area contributed by atoms with Crippen LogP contribution in [0, 0.1) is 5.82 Å². The molecular weight excluding hydrogens is 393 g/mol. The molecule has 0 saturated heterocycles. The smallest absolute Gasteiger partial charge is 0.272 e. The van der Waals surface area contributed by atoms with Gasteiger partial charge in [-0.25, -0.2) is 9.49 Å². The van der Waals surface area contributed by atoms with Gasteiger partial charge in [-0.2, -0.15) is 5.10 Å². The fourth-order valence-electron chi connectivity index (χ4n) is 4.48. The molecule has 1 aliphatic rings. The fraction of sp³-hybridized carbons (Fsp3) is 0.208. The first kappa shape index (κ1) is 19.4. The van der Waals surface area contributed by atoms with Crippen LogP contribution in [0.1, 0.15) is 34.3 Å². The van der Waals surface area contributed by atoms with Gasteiger partial charge in [-0.05, 0) is 55.1 Å². The van der Waals surface area contributed by atoms with E-state index in [1.54, 1.807) is 12.4 Å². The van der Waals surface area contributed by atoms with Crippen LogP contribution in [0.2, 0.25) is 0 Å². The van der Waals surface area contributed by atoms with Gasteiger partial charge in [0.2, 0.25) is 0 Å². The lowest BCUT2D eigenvalue weighted by atomic mass is 9.80. The minimum Gasteiger partial charge on any atom is -0.377 e. The Hall–Kier alpha value is -3.58. The molecule has 2 aromatic heterocycles. The highest BCUT2D eigenvalue weighted by molar-refractivity contribution is 5.97. The summed E-state index contributed by atoms with van der Waals surface area (Å²) >= 11 is 0. The average molecular weight is 415 g/mol. The van der Waals surface area contributed by atoms with E-state index in [2.05, 4.69) is 43.6 Å². The second-order valence-electron chi connectivity index (χ2n) is 8.18. The van der Waals surface area contributed by atoms with Crippen LogP contribution in [0.25, 0.3) is 10.8 Å². The number of hydrogen-bond donors (Lipinski definition) is 2. The van der Waals surface area contributed by atoms with Gasteiger partial charge in [0.25, 0.3) is 5.56 Å². The van der Waals surface area contributed by atoms with Crippen LogP contribution >= 0.6 is 0 Å². The van der Waals surface area contributed by atoms with Gasteiger partial charge in [0.05, 0.1) is 23.0 Å². The minimum atomic E-state index is -0.461. The lowest BCUT2D eigenvalue weighted by Gasteiger charge is -2.35. The monoisotopic (exact) mass is 415 g/mol. The van der Waals surface area contributed by atoms with Crippen LogP contribution in [0.5, 0.6) is 0 Å². The summed E-state index contributed by atoms with van der Waals surface area (Å²) in [7, 11) is 4.07. The van der Waals surface area contributed by atoms with E-state index in [0.717, 1.165) is 23.4 Å². The third-order valence-corrected chi connectivity index (χ3v) is 5.69. The molecule has 0 saturated carbocycles. The third-order valence-electron chi connectivity index (χ3n) is 5.69. The number of benzene rings is 2. The van der Waals surface area contributed by atoms with Crippen molar-refractivity contribution in [1.29, 1.82) is 0 Å². The number of H-pyrrole nitrogens is 1. The number of halogens is 1. The first-order chi connectivity index (χ1) is 15.0. The number of hydrogen-bond acceptors (Lipinski definition) is 5. The van der Waals surface area contributed by atoms with Crippen molar-refractivity contribution in [1.82, 2.24) is 20.1 Å².